The fraction of sp³-hybridized carbons (Fsp3) is 0.143. The number of aryl methyl sites for hydroxylation is 2. The zero-order chi connectivity index (χ0) is 13.6. The Morgan fingerprint density at radius 2 is 2.11 bits per heavy atom. The van der Waals surface area contributed by atoms with Crippen LogP contribution in [0.15, 0.2) is 33.2 Å². The van der Waals surface area contributed by atoms with Crippen molar-refractivity contribution in [3.05, 3.63) is 41.3 Å². The molecule has 1 aromatic carbocycles. The predicted octanol–water partition coefficient (Wildman–Crippen LogP) is 3.40. The third-order valence-corrected chi connectivity index (χ3v) is 3.19. The number of rotatable bonds is 2. The van der Waals surface area contributed by atoms with E-state index in [1.54, 1.807) is 0 Å². The highest BCUT2D eigenvalue weighted by Gasteiger charge is 2.17. The minimum absolute atomic E-state index is 0.176. The maximum Gasteiger partial charge on any atom is 0.374 e. The summed E-state index contributed by atoms with van der Waals surface area (Å²) in [4.78, 5) is 10.8. The van der Waals surface area contributed by atoms with Crippen LogP contribution in [0.4, 0.5) is 0 Å². The second kappa shape index (κ2) is 3.98. The highest BCUT2D eigenvalue weighted by Crippen LogP contribution is 2.33. The van der Waals surface area contributed by atoms with Gasteiger partial charge in [0, 0.05) is 17.0 Å². The smallest absolute Gasteiger partial charge is 0.374 e. The number of carbonyl (C=O) groups is 1. The van der Waals surface area contributed by atoms with Gasteiger partial charge in [0.1, 0.15) is 17.0 Å². The number of benzene rings is 1. The Balaban J connectivity index is 2.26. The van der Waals surface area contributed by atoms with Crippen molar-refractivity contribution in [2.24, 2.45) is 0 Å². The van der Waals surface area contributed by atoms with E-state index in [2.05, 4.69) is 5.16 Å². The van der Waals surface area contributed by atoms with Gasteiger partial charge in [0.2, 0.25) is 5.76 Å². The highest BCUT2D eigenvalue weighted by atomic mass is 16.5. The largest absolute Gasteiger partial charge is 0.475 e. The second-order valence-corrected chi connectivity index (χ2v) is 4.34. The molecule has 0 aliphatic rings. The molecule has 0 saturated heterocycles. The summed E-state index contributed by atoms with van der Waals surface area (Å²) in [6.07, 6.45) is 0. The zero-order valence-corrected chi connectivity index (χ0v) is 10.4. The number of hydrogen-bond acceptors (Lipinski definition) is 4. The van der Waals surface area contributed by atoms with Crippen LogP contribution in [0.1, 0.15) is 21.9 Å². The van der Waals surface area contributed by atoms with Gasteiger partial charge >= 0.3 is 5.97 Å². The first-order chi connectivity index (χ1) is 9.08. The van der Waals surface area contributed by atoms with Gasteiger partial charge in [-0.25, -0.2) is 4.79 Å². The number of carboxylic acid groups (broad SMARTS) is 1. The molecule has 0 spiro atoms. The third-order valence-electron chi connectivity index (χ3n) is 3.19. The fourth-order valence-electron chi connectivity index (χ4n) is 2.14. The summed E-state index contributed by atoms with van der Waals surface area (Å²) in [5.74, 6) is -0.472. The summed E-state index contributed by atoms with van der Waals surface area (Å²) in [6.45, 7) is 3.85. The van der Waals surface area contributed by atoms with Crippen LogP contribution in [0.5, 0.6) is 0 Å². The van der Waals surface area contributed by atoms with Crippen molar-refractivity contribution < 1.29 is 18.8 Å². The average Bonchev–Trinajstić information content (AvgIpc) is 2.96. The second-order valence-electron chi connectivity index (χ2n) is 4.34. The van der Waals surface area contributed by atoms with Crippen LogP contribution in [0.3, 0.4) is 0 Å². The van der Waals surface area contributed by atoms with Crippen molar-refractivity contribution in [3.63, 3.8) is 0 Å². The van der Waals surface area contributed by atoms with Crippen LogP contribution in [0.2, 0.25) is 0 Å². The Kier molecular flexibility index (Phi) is 2.41. The quantitative estimate of drug-likeness (QED) is 0.761. The lowest BCUT2D eigenvalue weighted by atomic mass is 10.0. The number of aromatic carboxylic acids is 1. The molecule has 0 radical (unpaired) electrons. The summed E-state index contributed by atoms with van der Waals surface area (Å²) in [5, 5.41) is 13.6. The summed E-state index contributed by atoms with van der Waals surface area (Å²) < 4.78 is 10.4. The molecule has 2 aromatic heterocycles. The van der Waals surface area contributed by atoms with E-state index < -0.39 is 5.97 Å². The van der Waals surface area contributed by atoms with Gasteiger partial charge in [-0.05, 0) is 25.5 Å². The monoisotopic (exact) mass is 257 g/mol. The van der Waals surface area contributed by atoms with Crippen LogP contribution in [0.25, 0.3) is 22.2 Å². The molecule has 3 rings (SSSR count). The molecule has 0 bridgehead atoms. The van der Waals surface area contributed by atoms with E-state index in [-0.39, 0.29) is 5.76 Å². The Morgan fingerprint density at radius 1 is 1.32 bits per heavy atom. The van der Waals surface area contributed by atoms with Crippen molar-refractivity contribution in [1.82, 2.24) is 5.16 Å². The van der Waals surface area contributed by atoms with E-state index in [0.29, 0.717) is 5.69 Å². The van der Waals surface area contributed by atoms with Gasteiger partial charge in [-0.3, -0.25) is 0 Å². The van der Waals surface area contributed by atoms with E-state index in [9.17, 15) is 4.79 Å². The van der Waals surface area contributed by atoms with Gasteiger partial charge in [-0.2, -0.15) is 0 Å². The Labute approximate surface area is 108 Å². The molecular formula is C14H11NO4. The minimum Gasteiger partial charge on any atom is -0.475 e. The first-order valence-electron chi connectivity index (χ1n) is 5.77. The summed E-state index contributed by atoms with van der Waals surface area (Å²) in [7, 11) is 0. The minimum atomic E-state index is -1.13. The summed E-state index contributed by atoms with van der Waals surface area (Å²) in [5.41, 5.74) is 3.08. The van der Waals surface area contributed by atoms with Crippen molar-refractivity contribution in [3.8, 4) is 11.3 Å². The number of nitrogens with zero attached hydrogens (tertiary/aromatic N) is 1. The van der Waals surface area contributed by atoms with Gasteiger partial charge in [0.05, 0.1) is 0 Å². The number of furan rings is 1. The van der Waals surface area contributed by atoms with Crippen LogP contribution < -0.4 is 0 Å². The van der Waals surface area contributed by atoms with Gasteiger partial charge in [-0.15, -0.1) is 0 Å². The van der Waals surface area contributed by atoms with Crippen LogP contribution in [0, 0.1) is 13.8 Å². The fourth-order valence-corrected chi connectivity index (χ4v) is 2.14. The number of carboxylic acids is 1. The standard InChI is InChI=1S/C14H11NO4/c1-7-8(2)18-11-5-3-4-9(13(7)11)10-6-12(14(16)17)19-15-10/h3-6H,1-2H3,(H,16,17). The Bertz CT molecular complexity index is 782. The topological polar surface area (TPSA) is 76.5 Å². The molecule has 5 heteroatoms. The Morgan fingerprint density at radius 3 is 2.79 bits per heavy atom. The SMILES string of the molecule is Cc1oc2cccc(-c3cc(C(=O)O)on3)c2c1C. The van der Waals surface area contributed by atoms with Crippen molar-refractivity contribution >= 4 is 16.9 Å². The van der Waals surface area contributed by atoms with Gasteiger partial charge < -0.3 is 14.0 Å². The molecule has 0 unspecified atom stereocenters. The van der Waals surface area contributed by atoms with E-state index >= 15 is 0 Å². The van der Waals surface area contributed by atoms with Crippen LogP contribution >= 0.6 is 0 Å². The third kappa shape index (κ3) is 1.71. The molecule has 19 heavy (non-hydrogen) atoms. The Hall–Kier alpha value is -2.56. The van der Waals surface area contributed by atoms with E-state index in [4.69, 9.17) is 14.0 Å². The number of fused-ring (bicyclic) bond motifs is 1. The maximum absolute atomic E-state index is 10.8. The van der Waals surface area contributed by atoms with Crippen molar-refractivity contribution in [2.75, 3.05) is 0 Å². The van der Waals surface area contributed by atoms with E-state index in [1.165, 1.54) is 6.07 Å². The van der Waals surface area contributed by atoms with Crippen LogP contribution in [-0.2, 0) is 0 Å². The normalized spacial score (nSPS) is 11.1. The van der Waals surface area contributed by atoms with E-state index in [1.807, 2.05) is 32.0 Å². The van der Waals surface area contributed by atoms with Gasteiger partial charge in [-0.1, -0.05) is 17.3 Å². The molecule has 5 nitrogen and oxygen atoms in total. The zero-order valence-electron chi connectivity index (χ0n) is 10.4. The molecule has 0 aliphatic carbocycles. The highest BCUT2D eigenvalue weighted by molar-refractivity contribution is 5.97. The molecule has 0 aliphatic heterocycles. The summed E-state index contributed by atoms with van der Waals surface area (Å²) >= 11 is 0. The molecule has 0 amide bonds. The van der Waals surface area contributed by atoms with Crippen molar-refractivity contribution in [1.29, 1.82) is 0 Å². The first kappa shape index (κ1) is 11.5. The van der Waals surface area contributed by atoms with Crippen LogP contribution in [-0.4, -0.2) is 16.2 Å². The predicted molar refractivity (Wildman–Crippen MR) is 68.1 cm³/mol. The first-order valence-corrected chi connectivity index (χ1v) is 5.77. The molecule has 0 atom stereocenters. The molecule has 0 saturated carbocycles. The molecule has 1 N–H and O–H groups in total. The van der Waals surface area contributed by atoms with Crippen molar-refractivity contribution in [2.45, 2.75) is 13.8 Å². The molecule has 96 valence electrons. The van der Waals surface area contributed by atoms with E-state index in [0.717, 1.165) is 27.9 Å². The molecular weight excluding hydrogens is 246 g/mol. The van der Waals surface area contributed by atoms with Gasteiger partial charge in [0.15, 0.2) is 0 Å². The molecule has 0 fully saturated rings. The lowest BCUT2D eigenvalue weighted by Gasteiger charge is -1.98. The summed E-state index contributed by atoms with van der Waals surface area (Å²) in [6, 6.07) is 7.00. The molecule has 2 heterocycles. The lowest BCUT2D eigenvalue weighted by Crippen LogP contribution is -1.91. The maximum atomic E-state index is 10.8. The average molecular weight is 257 g/mol. The lowest BCUT2D eigenvalue weighted by molar-refractivity contribution is 0.0652. The number of hydrogen-bond donors (Lipinski definition) is 1. The van der Waals surface area contributed by atoms with Gasteiger partial charge in [0.25, 0.3) is 0 Å². The molecule has 3 aromatic rings. The number of aromatic nitrogens is 1.